The zero-order valence-corrected chi connectivity index (χ0v) is 17.5. The number of carbonyl (C=O) groups is 1. The Morgan fingerprint density at radius 2 is 1.81 bits per heavy atom. The minimum atomic E-state index is -0.392. The summed E-state index contributed by atoms with van der Waals surface area (Å²) in [7, 11) is 0. The summed E-state index contributed by atoms with van der Waals surface area (Å²) in [5, 5.41) is 3.28. The molecular formula is C24H23N5O2. The van der Waals surface area contributed by atoms with E-state index in [0.29, 0.717) is 36.4 Å². The molecule has 1 N–H and O–H groups in total. The quantitative estimate of drug-likeness (QED) is 0.524. The molecule has 0 unspecified atom stereocenters. The molecule has 3 aromatic heterocycles. The molecule has 156 valence electrons. The van der Waals surface area contributed by atoms with Gasteiger partial charge in [-0.25, -0.2) is 15.0 Å². The predicted molar refractivity (Wildman–Crippen MR) is 120 cm³/mol. The molecule has 0 saturated heterocycles. The fraction of sp³-hybridized carbons (Fsp3) is 0.208. The molecule has 0 fully saturated rings. The Morgan fingerprint density at radius 3 is 2.52 bits per heavy atom. The van der Waals surface area contributed by atoms with E-state index in [9.17, 15) is 9.59 Å². The summed E-state index contributed by atoms with van der Waals surface area (Å²) >= 11 is 0. The van der Waals surface area contributed by atoms with Gasteiger partial charge in [-0.3, -0.25) is 9.59 Å². The van der Waals surface area contributed by atoms with Crippen LogP contribution in [-0.4, -0.2) is 32.0 Å². The van der Waals surface area contributed by atoms with Gasteiger partial charge in [-0.1, -0.05) is 30.3 Å². The van der Waals surface area contributed by atoms with E-state index in [0.717, 1.165) is 16.8 Å². The van der Waals surface area contributed by atoms with Crippen molar-refractivity contribution in [2.45, 2.75) is 26.8 Å². The lowest BCUT2D eigenvalue weighted by atomic mass is 10.1. The van der Waals surface area contributed by atoms with Crippen molar-refractivity contribution < 1.29 is 4.79 Å². The predicted octanol–water partition coefficient (Wildman–Crippen LogP) is 3.15. The highest BCUT2D eigenvalue weighted by atomic mass is 16.2. The van der Waals surface area contributed by atoms with Crippen LogP contribution in [0, 0.1) is 6.92 Å². The van der Waals surface area contributed by atoms with Crippen molar-refractivity contribution >= 4 is 16.9 Å². The lowest BCUT2D eigenvalue weighted by Crippen LogP contribution is -2.31. The van der Waals surface area contributed by atoms with Crippen LogP contribution in [0.2, 0.25) is 0 Å². The summed E-state index contributed by atoms with van der Waals surface area (Å²) in [6.45, 7) is 4.82. The molecule has 0 atom stereocenters. The van der Waals surface area contributed by atoms with Crippen LogP contribution in [0.25, 0.3) is 22.4 Å². The Balaban J connectivity index is 1.46. The largest absolute Gasteiger partial charge is 0.352 e. The van der Waals surface area contributed by atoms with Gasteiger partial charge in [-0.2, -0.15) is 0 Å². The summed E-state index contributed by atoms with van der Waals surface area (Å²) in [4.78, 5) is 38.8. The number of amides is 1. The molecule has 7 nitrogen and oxygen atoms in total. The Morgan fingerprint density at radius 1 is 1.06 bits per heavy atom. The second-order valence-electron chi connectivity index (χ2n) is 7.27. The summed E-state index contributed by atoms with van der Waals surface area (Å²) in [6, 6.07) is 13.3. The van der Waals surface area contributed by atoms with Gasteiger partial charge >= 0.3 is 0 Å². The molecule has 1 aromatic carbocycles. The topological polar surface area (TPSA) is 89.8 Å². The zero-order chi connectivity index (χ0) is 21.8. The van der Waals surface area contributed by atoms with Crippen LogP contribution in [0.5, 0.6) is 0 Å². The summed E-state index contributed by atoms with van der Waals surface area (Å²) in [6.07, 6.45) is 5.67. The molecule has 0 saturated carbocycles. The molecule has 0 aliphatic heterocycles. The molecule has 31 heavy (non-hydrogen) atoms. The first kappa shape index (κ1) is 20.4. The van der Waals surface area contributed by atoms with E-state index >= 15 is 0 Å². The second-order valence-corrected chi connectivity index (χ2v) is 7.27. The van der Waals surface area contributed by atoms with E-state index in [1.165, 1.54) is 0 Å². The lowest BCUT2D eigenvalue weighted by molar-refractivity contribution is 0.0952. The van der Waals surface area contributed by atoms with Gasteiger partial charge in [-0.15, -0.1) is 0 Å². The van der Waals surface area contributed by atoms with Crippen LogP contribution in [0.3, 0.4) is 0 Å². The van der Waals surface area contributed by atoms with Gasteiger partial charge in [0, 0.05) is 42.9 Å². The van der Waals surface area contributed by atoms with E-state index in [1.807, 2.05) is 48.7 Å². The number of hydrogen-bond donors (Lipinski definition) is 1. The zero-order valence-electron chi connectivity index (χ0n) is 17.5. The van der Waals surface area contributed by atoms with Gasteiger partial charge in [0.05, 0.1) is 5.39 Å². The monoisotopic (exact) mass is 413 g/mol. The first-order valence-electron chi connectivity index (χ1n) is 10.2. The van der Waals surface area contributed by atoms with E-state index in [1.54, 1.807) is 30.7 Å². The average molecular weight is 413 g/mol. The van der Waals surface area contributed by atoms with Crippen LogP contribution < -0.4 is 10.7 Å². The number of rotatable bonds is 6. The third-order valence-corrected chi connectivity index (χ3v) is 5.08. The molecule has 3 heterocycles. The third kappa shape index (κ3) is 4.35. The highest BCUT2D eigenvalue weighted by Crippen LogP contribution is 2.13. The molecule has 4 aromatic rings. The molecule has 1 amide bonds. The number of carbonyl (C=O) groups excluding carboxylic acids is 1. The smallest absolute Gasteiger partial charge is 0.256 e. The van der Waals surface area contributed by atoms with Crippen molar-refractivity contribution in [3.05, 3.63) is 88.1 Å². The normalized spacial score (nSPS) is 10.9. The van der Waals surface area contributed by atoms with E-state index in [-0.39, 0.29) is 11.0 Å². The van der Waals surface area contributed by atoms with Crippen molar-refractivity contribution in [2.75, 3.05) is 6.54 Å². The van der Waals surface area contributed by atoms with Crippen molar-refractivity contribution in [3.8, 4) is 11.4 Å². The number of hydrogen-bond acceptors (Lipinski definition) is 5. The standard InChI is InChI=1S/C24H23N5O2/c1-3-29-15-20(21(30)19-10-9-16(2)28-23(19)29)24(31)25-12-11-17-13-26-22(27-14-17)18-7-5-4-6-8-18/h4-10,13-15H,3,11-12H2,1-2H3,(H,25,31). The maximum Gasteiger partial charge on any atom is 0.256 e. The van der Waals surface area contributed by atoms with Gasteiger partial charge < -0.3 is 9.88 Å². The first-order valence-corrected chi connectivity index (χ1v) is 10.2. The Kier molecular flexibility index (Phi) is 5.84. The molecule has 4 rings (SSSR count). The summed E-state index contributed by atoms with van der Waals surface area (Å²) in [5.74, 6) is 0.269. The highest BCUT2D eigenvalue weighted by Gasteiger charge is 2.15. The van der Waals surface area contributed by atoms with E-state index in [2.05, 4.69) is 20.3 Å². The number of pyridine rings is 2. The van der Waals surface area contributed by atoms with Gasteiger partial charge in [0.2, 0.25) is 5.43 Å². The van der Waals surface area contributed by atoms with Crippen LogP contribution in [0.4, 0.5) is 0 Å². The molecular weight excluding hydrogens is 390 g/mol. The fourth-order valence-electron chi connectivity index (χ4n) is 3.40. The number of aromatic nitrogens is 4. The van der Waals surface area contributed by atoms with Crippen LogP contribution >= 0.6 is 0 Å². The van der Waals surface area contributed by atoms with Gasteiger partial charge in [-0.05, 0) is 38.0 Å². The second kappa shape index (κ2) is 8.87. The number of nitrogens with one attached hydrogen (secondary N) is 1. The van der Waals surface area contributed by atoms with E-state index in [4.69, 9.17) is 0 Å². The first-order chi connectivity index (χ1) is 15.1. The third-order valence-electron chi connectivity index (χ3n) is 5.08. The fourth-order valence-corrected chi connectivity index (χ4v) is 3.40. The van der Waals surface area contributed by atoms with Gasteiger partial charge in [0.1, 0.15) is 11.2 Å². The SMILES string of the molecule is CCn1cc(C(=O)NCCc2cnc(-c3ccccc3)nc2)c(=O)c2ccc(C)nc21. The molecule has 0 radical (unpaired) electrons. The lowest BCUT2D eigenvalue weighted by Gasteiger charge is -2.11. The number of benzene rings is 1. The number of aryl methyl sites for hydroxylation is 2. The van der Waals surface area contributed by atoms with Crippen LogP contribution in [-0.2, 0) is 13.0 Å². The molecule has 0 aliphatic rings. The average Bonchev–Trinajstić information content (AvgIpc) is 2.80. The van der Waals surface area contributed by atoms with Gasteiger partial charge in [0.15, 0.2) is 5.82 Å². The number of fused-ring (bicyclic) bond motifs is 1. The molecule has 0 aliphatic carbocycles. The van der Waals surface area contributed by atoms with Crippen molar-refractivity contribution in [2.24, 2.45) is 0 Å². The van der Waals surface area contributed by atoms with Crippen molar-refractivity contribution in [3.63, 3.8) is 0 Å². The molecule has 7 heteroatoms. The molecule has 0 bridgehead atoms. The maximum absolute atomic E-state index is 12.8. The highest BCUT2D eigenvalue weighted by molar-refractivity contribution is 5.96. The Hall–Kier alpha value is -3.87. The Bertz CT molecular complexity index is 1280. The van der Waals surface area contributed by atoms with Crippen molar-refractivity contribution in [1.29, 1.82) is 0 Å². The van der Waals surface area contributed by atoms with Crippen LogP contribution in [0.1, 0.15) is 28.5 Å². The Labute approximate surface area is 179 Å². The van der Waals surface area contributed by atoms with E-state index < -0.39 is 5.91 Å². The summed E-state index contributed by atoms with van der Waals surface area (Å²) in [5.41, 5.74) is 3.10. The minimum Gasteiger partial charge on any atom is -0.352 e. The number of nitrogens with zero attached hydrogens (tertiary/aromatic N) is 4. The molecule has 0 spiro atoms. The summed E-state index contributed by atoms with van der Waals surface area (Å²) < 4.78 is 1.83. The maximum atomic E-state index is 12.8. The van der Waals surface area contributed by atoms with Crippen LogP contribution in [0.15, 0.2) is 65.8 Å². The van der Waals surface area contributed by atoms with Crippen molar-refractivity contribution in [1.82, 2.24) is 24.8 Å². The van der Waals surface area contributed by atoms with Gasteiger partial charge in [0.25, 0.3) is 5.91 Å². The minimum absolute atomic E-state index is 0.121.